The van der Waals surface area contributed by atoms with Gasteiger partial charge in [-0.15, -0.1) is 0 Å². The minimum absolute atomic E-state index is 0.278. The van der Waals surface area contributed by atoms with Gasteiger partial charge in [-0.25, -0.2) is 0 Å². The molecule has 0 amide bonds. The molecular weight excluding hydrogens is 276 g/mol. The minimum Gasteiger partial charge on any atom is -0.0801 e. The largest absolute Gasteiger partial charge is 0.0801 e. The summed E-state index contributed by atoms with van der Waals surface area (Å²) in [6.07, 6.45) is 6.06. The summed E-state index contributed by atoms with van der Waals surface area (Å²) in [6, 6.07) is 17.9. The first-order valence-corrected chi connectivity index (χ1v) is 8.87. The van der Waals surface area contributed by atoms with Gasteiger partial charge in [0.2, 0.25) is 0 Å². The van der Waals surface area contributed by atoms with E-state index >= 15 is 0 Å². The molecule has 0 heterocycles. The zero-order valence-electron chi connectivity index (χ0n) is 14.9. The standard InChI is InChI=1S/C23H28/c1-17(2)15-18-12-13-20(19-9-6-5-7-10-19)21(16-18)22-11-8-14-23(22,3)4/h5-7,9-13,16-17H,8,14-15H2,1-4H3. The summed E-state index contributed by atoms with van der Waals surface area (Å²) < 4.78 is 0. The van der Waals surface area contributed by atoms with Crippen molar-refractivity contribution in [3.05, 3.63) is 65.7 Å². The maximum absolute atomic E-state index is 2.46. The summed E-state index contributed by atoms with van der Waals surface area (Å²) >= 11 is 0. The van der Waals surface area contributed by atoms with Gasteiger partial charge < -0.3 is 0 Å². The molecule has 3 rings (SSSR count). The third kappa shape index (κ3) is 3.42. The molecule has 0 unspecified atom stereocenters. The molecule has 23 heavy (non-hydrogen) atoms. The van der Waals surface area contributed by atoms with E-state index in [9.17, 15) is 0 Å². The fraction of sp³-hybridized carbons (Fsp3) is 0.391. The van der Waals surface area contributed by atoms with Gasteiger partial charge in [-0.3, -0.25) is 0 Å². The highest BCUT2D eigenvalue weighted by atomic mass is 14.3. The lowest BCUT2D eigenvalue weighted by Crippen LogP contribution is -2.10. The Labute approximate surface area is 141 Å². The molecule has 0 bridgehead atoms. The predicted molar refractivity (Wildman–Crippen MR) is 101 cm³/mol. The molecule has 0 radical (unpaired) electrons. The van der Waals surface area contributed by atoms with E-state index in [1.165, 1.54) is 40.7 Å². The van der Waals surface area contributed by atoms with E-state index in [-0.39, 0.29) is 5.41 Å². The summed E-state index contributed by atoms with van der Waals surface area (Å²) in [6.45, 7) is 9.36. The Hall–Kier alpha value is -1.82. The lowest BCUT2D eigenvalue weighted by Gasteiger charge is -2.25. The Morgan fingerprint density at radius 2 is 1.70 bits per heavy atom. The molecule has 0 nitrogen and oxygen atoms in total. The van der Waals surface area contributed by atoms with Crippen molar-refractivity contribution in [1.29, 1.82) is 0 Å². The molecular formula is C23H28. The maximum Gasteiger partial charge on any atom is -0.00976 e. The second-order valence-corrected chi connectivity index (χ2v) is 7.88. The van der Waals surface area contributed by atoms with E-state index in [1.807, 2.05) is 0 Å². The summed E-state index contributed by atoms with van der Waals surface area (Å²) in [7, 11) is 0. The molecule has 0 heteroatoms. The smallest absolute Gasteiger partial charge is 0.00976 e. The van der Waals surface area contributed by atoms with Crippen molar-refractivity contribution in [2.45, 2.75) is 47.0 Å². The maximum atomic E-state index is 2.46. The summed E-state index contributed by atoms with van der Waals surface area (Å²) in [5.41, 5.74) is 7.40. The molecule has 0 aliphatic heterocycles. The molecule has 0 atom stereocenters. The molecule has 120 valence electrons. The number of hydrogen-bond donors (Lipinski definition) is 0. The van der Waals surface area contributed by atoms with Crippen LogP contribution in [0.4, 0.5) is 0 Å². The van der Waals surface area contributed by atoms with Crippen LogP contribution in [0.2, 0.25) is 0 Å². The van der Waals surface area contributed by atoms with Crippen LogP contribution in [0.1, 0.15) is 51.7 Å². The Balaban J connectivity index is 2.13. The SMILES string of the molecule is CC(C)Cc1ccc(-c2ccccc2)c(C2=CCCC2(C)C)c1. The molecule has 0 aromatic heterocycles. The molecule has 0 spiro atoms. The van der Waals surface area contributed by atoms with Crippen molar-refractivity contribution in [2.24, 2.45) is 11.3 Å². The Bertz CT molecular complexity index is 702. The van der Waals surface area contributed by atoms with E-state index < -0.39 is 0 Å². The van der Waals surface area contributed by atoms with Crippen LogP contribution in [0.25, 0.3) is 16.7 Å². The van der Waals surface area contributed by atoms with Gasteiger partial charge in [-0.05, 0) is 58.4 Å². The van der Waals surface area contributed by atoms with Crippen LogP contribution >= 0.6 is 0 Å². The number of allylic oxidation sites excluding steroid dienone is 2. The Morgan fingerprint density at radius 3 is 2.30 bits per heavy atom. The first-order chi connectivity index (χ1) is 11.0. The fourth-order valence-corrected chi connectivity index (χ4v) is 3.74. The number of benzene rings is 2. The van der Waals surface area contributed by atoms with Gasteiger partial charge in [0.25, 0.3) is 0 Å². The van der Waals surface area contributed by atoms with Crippen molar-refractivity contribution in [3.8, 4) is 11.1 Å². The second kappa shape index (κ2) is 6.35. The quantitative estimate of drug-likeness (QED) is 0.585. The van der Waals surface area contributed by atoms with Gasteiger partial charge in [0, 0.05) is 0 Å². The molecule has 2 aromatic carbocycles. The van der Waals surface area contributed by atoms with E-state index in [4.69, 9.17) is 0 Å². The number of hydrogen-bond acceptors (Lipinski definition) is 0. The molecule has 0 saturated carbocycles. The Morgan fingerprint density at radius 1 is 0.957 bits per heavy atom. The first kappa shape index (κ1) is 16.1. The van der Waals surface area contributed by atoms with Crippen LogP contribution < -0.4 is 0 Å². The lowest BCUT2D eigenvalue weighted by atomic mass is 9.79. The average molecular weight is 304 g/mol. The lowest BCUT2D eigenvalue weighted by molar-refractivity contribution is 0.487. The highest BCUT2D eigenvalue weighted by Crippen LogP contribution is 2.47. The van der Waals surface area contributed by atoms with Crippen molar-refractivity contribution >= 4 is 5.57 Å². The zero-order valence-corrected chi connectivity index (χ0v) is 14.9. The van der Waals surface area contributed by atoms with Crippen LogP contribution in [0, 0.1) is 11.3 Å². The normalized spacial score (nSPS) is 16.7. The molecule has 0 saturated heterocycles. The summed E-state index contributed by atoms with van der Waals surface area (Å²) in [5, 5.41) is 0. The molecule has 0 fully saturated rings. The molecule has 2 aromatic rings. The molecule has 0 N–H and O–H groups in total. The zero-order chi connectivity index (χ0) is 16.4. The monoisotopic (exact) mass is 304 g/mol. The highest BCUT2D eigenvalue weighted by Gasteiger charge is 2.29. The van der Waals surface area contributed by atoms with Gasteiger partial charge in [-0.2, -0.15) is 0 Å². The molecule has 1 aliphatic rings. The van der Waals surface area contributed by atoms with Crippen molar-refractivity contribution in [1.82, 2.24) is 0 Å². The van der Waals surface area contributed by atoms with Crippen molar-refractivity contribution in [2.75, 3.05) is 0 Å². The fourth-order valence-electron chi connectivity index (χ4n) is 3.74. The molecule has 1 aliphatic carbocycles. The topological polar surface area (TPSA) is 0 Å². The van der Waals surface area contributed by atoms with Crippen LogP contribution in [0.3, 0.4) is 0 Å². The highest BCUT2D eigenvalue weighted by molar-refractivity contribution is 5.84. The van der Waals surface area contributed by atoms with Gasteiger partial charge in [-0.1, -0.05) is 82.3 Å². The van der Waals surface area contributed by atoms with E-state index in [1.54, 1.807) is 0 Å². The third-order valence-electron chi connectivity index (χ3n) is 4.95. The van der Waals surface area contributed by atoms with Crippen LogP contribution in [0.15, 0.2) is 54.6 Å². The first-order valence-electron chi connectivity index (χ1n) is 8.87. The van der Waals surface area contributed by atoms with Gasteiger partial charge >= 0.3 is 0 Å². The van der Waals surface area contributed by atoms with E-state index in [0.29, 0.717) is 5.92 Å². The van der Waals surface area contributed by atoms with E-state index in [0.717, 1.165) is 6.42 Å². The summed E-state index contributed by atoms with van der Waals surface area (Å²) in [5.74, 6) is 0.691. The summed E-state index contributed by atoms with van der Waals surface area (Å²) in [4.78, 5) is 0. The average Bonchev–Trinajstić information content (AvgIpc) is 2.87. The van der Waals surface area contributed by atoms with Crippen LogP contribution in [-0.4, -0.2) is 0 Å². The minimum atomic E-state index is 0.278. The number of rotatable bonds is 4. The second-order valence-electron chi connectivity index (χ2n) is 7.88. The predicted octanol–water partition coefficient (Wildman–Crippen LogP) is 6.76. The van der Waals surface area contributed by atoms with Gasteiger partial charge in [0.05, 0.1) is 0 Å². The van der Waals surface area contributed by atoms with E-state index in [2.05, 4.69) is 82.3 Å². The Kier molecular flexibility index (Phi) is 4.43. The van der Waals surface area contributed by atoms with Gasteiger partial charge in [0.1, 0.15) is 0 Å². The van der Waals surface area contributed by atoms with Crippen LogP contribution in [0.5, 0.6) is 0 Å². The van der Waals surface area contributed by atoms with Crippen LogP contribution in [-0.2, 0) is 6.42 Å². The van der Waals surface area contributed by atoms with Gasteiger partial charge in [0.15, 0.2) is 0 Å². The van der Waals surface area contributed by atoms with Crippen molar-refractivity contribution < 1.29 is 0 Å². The third-order valence-corrected chi connectivity index (χ3v) is 4.95. The van der Waals surface area contributed by atoms with Crippen molar-refractivity contribution in [3.63, 3.8) is 0 Å².